The van der Waals surface area contributed by atoms with Crippen LogP contribution in [0, 0.1) is 6.92 Å². The molecule has 0 fully saturated rings. The van der Waals surface area contributed by atoms with E-state index in [1.54, 1.807) is 5.38 Å². The molecule has 1 atom stereocenters. The SMILES string of the molecule is Cc1ccc(-c2csc(NC(=O)CC(O)(c3nccn3C)C(F)(F)F)n2)s1. The smallest absolute Gasteiger partial charge is 0.374 e. The number of carbonyl (C=O) groups excluding carboxylic acids is 1. The van der Waals surface area contributed by atoms with Crippen molar-refractivity contribution in [2.24, 2.45) is 7.05 Å². The average Bonchev–Trinajstić information content (AvgIpc) is 3.27. The lowest BCUT2D eigenvalue weighted by molar-refractivity contribution is -0.270. The number of aromatic nitrogens is 3. The van der Waals surface area contributed by atoms with E-state index in [0.29, 0.717) is 5.69 Å². The first kappa shape index (κ1) is 19.5. The number of rotatable bonds is 5. The number of hydrogen-bond donors (Lipinski definition) is 2. The minimum Gasteiger partial charge on any atom is -0.374 e. The third-order valence-electron chi connectivity index (χ3n) is 3.82. The fraction of sp³-hybridized carbons (Fsp3) is 0.312. The number of alkyl halides is 3. The van der Waals surface area contributed by atoms with Crippen molar-refractivity contribution in [3.63, 3.8) is 0 Å². The number of amides is 1. The van der Waals surface area contributed by atoms with E-state index >= 15 is 0 Å². The summed E-state index contributed by atoms with van der Waals surface area (Å²) in [6, 6.07) is 3.80. The summed E-state index contributed by atoms with van der Waals surface area (Å²) in [4.78, 5) is 22.0. The summed E-state index contributed by atoms with van der Waals surface area (Å²) in [7, 11) is 1.31. The first-order valence-electron chi connectivity index (χ1n) is 7.69. The van der Waals surface area contributed by atoms with E-state index in [4.69, 9.17) is 0 Å². The molecule has 144 valence electrons. The van der Waals surface area contributed by atoms with Crippen molar-refractivity contribution < 1.29 is 23.1 Å². The van der Waals surface area contributed by atoms with Gasteiger partial charge in [-0.15, -0.1) is 22.7 Å². The molecule has 3 aromatic heterocycles. The number of carbonyl (C=O) groups is 1. The molecule has 27 heavy (non-hydrogen) atoms. The van der Waals surface area contributed by atoms with E-state index in [2.05, 4.69) is 15.3 Å². The number of nitrogens with one attached hydrogen (secondary N) is 1. The van der Waals surface area contributed by atoms with Gasteiger partial charge in [-0.2, -0.15) is 13.2 Å². The lowest BCUT2D eigenvalue weighted by Crippen LogP contribution is -2.46. The van der Waals surface area contributed by atoms with Gasteiger partial charge in [-0.3, -0.25) is 4.79 Å². The minimum atomic E-state index is -5.08. The van der Waals surface area contributed by atoms with Crippen LogP contribution in [0.25, 0.3) is 10.6 Å². The summed E-state index contributed by atoms with van der Waals surface area (Å²) in [5.74, 6) is -1.67. The maximum Gasteiger partial charge on any atom is 0.425 e. The first-order chi connectivity index (χ1) is 12.6. The lowest BCUT2D eigenvalue weighted by atomic mass is 9.97. The van der Waals surface area contributed by atoms with E-state index < -0.39 is 29.9 Å². The fourth-order valence-electron chi connectivity index (χ4n) is 2.48. The van der Waals surface area contributed by atoms with Gasteiger partial charge < -0.3 is 15.0 Å². The van der Waals surface area contributed by atoms with E-state index in [-0.39, 0.29) is 5.13 Å². The van der Waals surface area contributed by atoms with Gasteiger partial charge in [0.2, 0.25) is 11.5 Å². The third kappa shape index (κ3) is 3.89. The zero-order chi connectivity index (χ0) is 19.8. The van der Waals surface area contributed by atoms with Gasteiger partial charge in [-0.25, -0.2) is 9.97 Å². The van der Waals surface area contributed by atoms with Crippen molar-refractivity contribution >= 4 is 33.7 Å². The monoisotopic (exact) mass is 416 g/mol. The van der Waals surface area contributed by atoms with Crippen molar-refractivity contribution in [2.75, 3.05) is 5.32 Å². The predicted molar refractivity (Wildman–Crippen MR) is 96.6 cm³/mol. The Kier molecular flexibility index (Phi) is 5.10. The Morgan fingerprint density at radius 1 is 1.37 bits per heavy atom. The molecule has 6 nitrogen and oxygen atoms in total. The topological polar surface area (TPSA) is 80.0 Å². The van der Waals surface area contributed by atoms with Gasteiger partial charge in [0.1, 0.15) is 0 Å². The maximum atomic E-state index is 13.5. The van der Waals surface area contributed by atoms with Crippen LogP contribution >= 0.6 is 22.7 Å². The van der Waals surface area contributed by atoms with Crippen molar-refractivity contribution in [3.8, 4) is 10.6 Å². The van der Waals surface area contributed by atoms with E-state index in [0.717, 1.165) is 31.9 Å². The highest BCUT2D eigenvalue weighted by molar-refractivity contribution is 7.17. The predicted octanol–water partition coefficient (Wildman–Crippen LogP) is 3.69. The van der Waals surface area contributed by atoms with Gasteiger partial charge in [-0.05, 0) is 19.1 Å². The number of nitrogens with zero attached hydrogens (tertiary/aromatic N) is 3. The third-order valence-corrected chi connectivity index (χ3v) is 5.60. The molecular weight excluding hydrogens is 401 g/mol. The summed E-state index contributed by atoms with van der Waals surface area (Å²) in [5.41, 5.74) is -2.77. The van der Waals surface area contributed by atoms with E-state index in [9.17, 15) is 23.1 Å². The van der Waals surface area contributed by atoms with Crippen LogP contribution in [0.15, 0.2) is 29.9 Å². The standard InChI is InChI=1S/C16H15F3N4O2S2/c1-9-3-4-11(27-9)10-8-26-14(21-10)22-12(24)7-15(25,16(17,18)19)13-20-5-6-23(13)2/h3-6,8,25H,7H2,1-2H3,(H,21,22,24). The number of aryl methyl sites for hydroxylation is 2. The summed E-state index contributed by atoms with van der Waals surface area (Å²) >= 11 is 2.61. The van der Waals surface area contributed by atoms with Crippen molar-refractivity contribution in [1.82, 2.24) is 14.5 Å². The Morgan fingerprint density at radius 2 is 2.11 bits per heavy atom. The maximum absolute atomic E-state index is 13.5. The van der Waals surface area contributed by atoms with Gasteiger partial charge in [0, 0.05) is 29.7 Å². The van der Waals surface area contributed by atoms with Crippen LogP contribution in [0.3, 0.4) is 0 Å². The molecule has 2 N–H and O–H groups in total. The highest BCUT2D eigenvalue weighted by Crippen LogP contribution is 2.41. The number of anilines is 1. The molecule has 0 bridgehead atoms. The van der Waals surface area contributed by atoms with Gasteiger partial charge in [-0.1, -0.05) is 0 Å². The molecule has 3 heterocycles. The van der Waals surface area contributed by atoms with Gasteiger partial charge in [0.05, 0.1) is 17.0 Å². The van der Waals surface area contributed by atoms with Crippen molar-refractivity contribution in [3.05, 3.63) is 40.6 Å². The number of imidazole rings is 1. The Balaban J connectivity index is 1.78. The van der Waals surface area contributed by atoms with Crippen LogP contribution in [0.4, 0.5) is 18.3 Å². The Labute approximate surface area is 160 Å². The highest BCUT2D eigenvalue weighted by atomic mass is 32.1. The molecule has 0 aliphatic carbocycles. The van der Waals surface area contributed by atoms with Crippen molar-refractivity contribution in [2.45, 2.75) is 25.1 Å². The molecule has 0 aliphatic rings. The molecule has 3 rings (SSSR count). The molecule has 3 aromatic rings. The largest absolute Gasteiger partial charge is 0.425 e. The average molecular weight is 416 g/mol. The Morgan fingerprint density at radius 3 is 2.67 bits per heavy atom. The normalized spacial score (nSPS) is 14.1. The number of hydrogen-bond acceptors (Lipinski definition) is 6. The second-order valence-corrected chi connectivity index (χ2v) is 8.04. The van der Waals surface area contributed by atoms with Gasteiger partial charge >= 0.3 is 6.18 Å². The molecular formula is C16H15F3N4O2S2. The molecule has 11 heteroatoms. The number of aliphatic hydroxyl groups is 1. The fourth-order valence-corrected chi connectivity index (χ4v) is 4.11. The van der Waals surface area contributed by atoms with Gasteiger partial charge in [0.25, 0.3) is 0 Å². The first-order valence-corrected chi connectivity index (χ1v) is 9.39. The van der Waals surface area contributed by atoms with E-state index in [1.165, 1.54) is 24.6 Å². The summed E-state index contributed by atoms with van der Waals surface area (Å²) in [6.07, 6.45) is -3.92. The quantitative estimate of drug-likeness (QED) is 0.665. The summed E-state index contributed by atoms with van der Waals surface area (Å²) in [6.45, 7) is 1.94. The number of thiophene rings is 1. The summed E-state index contributed by atoms with van der Waals surface area (Å²) < 4.78 is 41.5. The molecule has 0 aromatic carbocycles. The number of halogens is 3. The van der Waals surface area contributed by atoms with Crippen molar-refractivity contribution in [1.29, 1.82) is 0 Å². The molecule has 0 radical (unpaired) electrons. The second-order valence-electron chi connectivity index (χ2n) is 5.89. The molecule has 1 unspecified atom stereocenters. The zero-order valence-electron chi connectivity index (χ0n) is 14.2. The van der Waals surface area contributed by atoms with Crippen LogP contribution in [-0.4, -0.2) is 31.7 Å². The Bertz CT molecular complexity index is 963. The zero-order valence-corrected chi connectivity index (χ0v) is 15.9. The second kappa shape index (κ2) is 7.06. The van der Waals surface area contributed by atoms with Crippen LogP contribution in [0.5, 0.6) is 0 Å². The lowest BCUT2D eigenvalue weighted by Gasteiger charge is -2.29. The molecule has 1 amide bonds. The molecule has 0 saturated carbocycles. The van der Waals surface area contributed by atoms with Gasteiger partial charge in [0.15, 0.2) is 11.0 Å². The minimum absolute atomic E-state index is 0.158. The van der Waals surface area contributed by atoms with E-state index in [1.807, 2.05) is 19.1 Å². The van der Waals surface area contributed by atoms with Crippen LogP contribution in [-0.2, 0) is 17.4 Å². The van der Waals surface area contributed by atoms with Crippen LogP contribution in [0.1, 0.15) is 17.1 Å². The molecule has 0 aliphatic heterocycles. The van der Waals surface area contributed by atoms with Crippen LogP contribution < -0.4 is 5.32 Å². The summed E-state index contributed by atoms with van der Waals surface area (Å²) in [5, 5.41) is 14.4. The number of thiazole rings is 1. The molecule has 0 spiro atoms. The highest BCUT2D eigenvalue weighted by Gasteiger charge is 2.58. The molecule has 0 saturated heterocycles. The van der Waals surface area contributed by atoms with Crippen LogP contribution in [0.2, 0.25) is 0 Å². The Hall–Kier alpha value is -2.24.